The molecule has 21 nitrogen and oxygen atoms in total. The minimum absolute atomic E-state index is 0.0557. The Morgan fingerprint density at radius 2 is 1.33 bits per heavy atom. The minimum atomic E-state index is -1.74. The van der Waals surface area contributed by atoms with E-state index in [-0.39, 0.29) is 69.2 Å². The zero-order chi connectivity index (χ0) is 56.1. The van der Waals surface area contributed by atoms with Crippen molar-refractivity contribution in [1.29, 1.82) is 0 Å². The molecular formula is C53H68F2N10O11. The monoisotopic (exact) mass is 1060 g/mol. The first-order valence-electron chi connectivity index (χ1n) is 24.6. The van der Waals surface area contributed by atoms with Crippen LogP contribution >= 0.6 is 0 Å². The Balaban J connectivity index is 1.62. The standard InChI is InChI=1S/C53H68F2N10O11/c1-7-44(68)59-27-45(69)57-21-22-58-50(73)40(62-51(74)41(26-43(56)67)63-49(72)32(2)60-48(71)33(3)61-52(75)76-31-35-16-12-9-13-17-35)20-23-65(46(70)30-66)47(53(4,5)6)42-24-36(38-25-37(54)18-19-39(38)55)29-64(42)28-34-14-10-8-11-15-34/h8-19,24-25,29,32-33,40-41,47,66H,7,20-23,26-28,30-31H2,1-6H3,(H2,56,67)(H,57,69)(H,58,73)(H,59,68)(H,60,71)(H,61,75)(H,62,74)(H,63,72)/t32-,33-,40-,41-,47-/m0/s1. The molecule has 10 N–H and O–H groups in total. The molecule has 4 rings (SSSR count). The zero-order valence-corrected chi connectivity index (χ0v) is 43.4. The highest BCUT2D eigenvalue weighted by molar-refractivity contribution is 5.97. The van der Waals surface area contributed by atoms with Crippen molar-refractivity contribution in [3.63, 3.8) is 0 Å². The van der Waals surface area contributed by atoms with Crippen LogP contribution in [-0.4, -0.2) is 125 Å². The summed E-state index contributed by atoms with van der Waals surface area (Å²) in [6.45, 7) is 7.76. The van der Waals surface area contributed by atoms with Crippen molar-refractivity contribution in [2.75, 3.05) is 32.8 Å². The van der Waals surface area contributed by atoms with Crippen LogP contribution in [-0.2, 0) is 56.2 Å². The van der Waals surface area contributed by atoms with Gasteiger partial charge in [0.25, 0.3) is 0 Å². The Labute approximate surface area is 439 Å². The molecule has 1 aromatic heterocycles. The quantitative estimate of drug-likeness (QED) is 0.0390. The van der Waals surface area contributed by atoms with E-state index in [9.17, 15) is 52.6 Å². The number of alkyl carbamates (subject to hydrolysis) is 1. The van der Waals surface area contributed by atoms with Crippen LogP contribution < -0.4 is 43.0 Å². The van der Waals surface area contributed by atoms with E-state index in [0.29, 0.717) is 11.3 Å². The lowest BCUT2D eigenvalue weighted by molar-refractivity contribution is -0.140. The van der Waals surface area contributed by atoms with E-state index >= 15 is 4.39 Å². The second-order valence-electron chi connectivity index (χ2n) is 18.9. The van der Waals surface area contributed by atoms with Gasteiger partial charge in [0.05, 0.1) is 19.0 Å². The maximum Gasteiger partial charge on any atom is 0.408 e. The van der Waals surface area contributed by atoms with E-state index in [0.717, 1.165) is 23.8 Å². The summed E-state index contributed by atoms with van der Waals surface area (Å²) in [7, 11) is 0. The van der Waals surface area contributed by atoms with Crippen LogP contribution in [0.1, 0.15) is 83.7 Å². The first-order chi connectivity index (χ1) is 36.0. The number of aliphatic hydroxyl groups excluding tert-OH is 1. The Morgan fingerprint density at radius 3 is 1.95 bits per heavy atom. The lowest BCUT2D eigenvalue weighted by Gasteiger charge is -2.41. The summed E-state index contributed by atoms with van der Waals surface area (Å²) in [5.74, 6) is -7.89. The first-order valence-corrected chi connectivity index (χ1v) is 24.6. The molecule has 3 aromatic carbocycles. The van der Waals surface area contributed by atoms with Gasteiger partial charge in [-0.3, -0.25) is 38.4 Å². The number of ether oxygens (including phenoxy) is 1. The summed E-state index contributed by atoms with van der Waals surface area (Å²) in [4.78, 5) is 119. The third-order valence-electron chi connectivity index (χ3n) is 11.8. The van der Waals surface area contributed by atoms with Crippen LogP contribution in [0.2, 0.25) is 0 Å². The molecule has 0 aliphatic carbocycles. The zero-order valence-electron chi connectivity index (χ0n) is 43.4. The topological polar surface area (TPSA) is 301 Å². The number of hydrogen-bond donors (Lipinski definition) is 9. The van der Waals surface area contributed by atoms with E-state index in [4.69, 9.17) is 10.5 Å². The normalized spacial score (nSPS) is 13.1. The summed E-state index contributed by atoms with van der Waals surface area (Å²) >= 11 is 0. The molecule has 0 unspecified atom stereocenters. The van der Waals surface area contributed by atoms with E-state index in [1.165, 1.54) is 18.7 Å². The van der Waals surface area contributed by atoms with Crippen LogP contribution in [0.25, 0.3) is 11.1 Å². The van der Waals surface area contributed by atoms with Gasteiger partial charge in [-0.1, -0.05) is 88.4 Å². The van der Waals surface area contributed by atoms with Crippen LogP contribution in [0.5, 0.6) is 0 Å². The molecular weight excluding hydrogens is 991 g/mol. The molecule has 0 bridgehead atoms. The van der Waals surface area contributed by atoms with Gasteiger partial charge in [-0.05, 0) is 61.1 Å². The maximum absolute atomic E-state index is 15.4. The van der Waals surface area contributed by atoms with E-state index < -0.39 is 108 Å². The summed E-state index contributed by atoms with van der Waals surface area (Å²) in [5, 5.41) is 27.7. The van der Waals surface area contributed by atoms with Crippen LogP contribution in [0.15, 0.2) is 91.1 Å². The highest BCUT2D eigenvalue weighted by Gasteiger charge is 2.38. The molecule has 76 heavy (non-hydrogen) atoms. The van der Waals surface area contributed by atoms with E-state index in [1.807, 2.05) is 51.1 Å². The van der Waals surface area contributed by atoms with Gasteiger partial charge in [0.1, 0.15) is 49.0 Å². The van der Waals surface area contributed by atoms with Crippen molar-refractivity contribution < 1.29 is 61.8 Å². The highest BCUT2D eigenvalue weighted by atomic mass is 19.1. The number of amides is 9. The molecule has 0 aliphatic rings. The molecule has 4 aromatic rings. The number of benzene rings is 3. The van der Waals surface area contributed by atoms with Crippen molar-refractivity contribution >= 4 is 53.4 Å². The van der Waals surface area contributed by atoms with Gasteiger partial charge in [0, 0.05) is 55.6 Å². The second kappa shape index (κ2) is 29.0. The first kappa shape index (κ1) is 60.3. The van der Waals surface area contributed by atoms with Gasteiger partial charge in [-0.25, -0.2) is 13.6 Å². The van der Waals surface area contributed by atoms with Gasteiger partial charge in [-0.15, -0.1) is 0 Å². The predicted octanol–water partition coefficient (Wildman–Crippen LogP) is 2.20. The molecule has 5 atom stereocenters. The summed E-state index contributed by atoms with van der Waals surface area (Å²) in [5.41, 5.74) is 6.80. The number of nitrogens with zero attached hydrogens (tertiary/aromatic N) is 2. The van der Waals surface area contributed by atoms with Crippen LogP contribution in [0.3, 0.4) is 0 Å². The Morgan fingerprint density at radius 1 is 0.724 bits per heavy atom. The summed E-state index contributed by atoms with van der Waals surface area (Å²) < 4.78 is 36.9. The second-order valence-corrected chi connectivity index (χ2v) is 18.9. The molecule has 0 saturated heterocycles. The van der Waals surface area contributed by atoms with Crippen molar-refractivity contribution in [3.8, 4) is 11.1 Å². The van der Waals surface area contributed by atoms with Crippen LogP contribution in [0.4, 0.5) is 13.6 Å². The van der Waals surface area contributed by atoms with Gasteiger partial charge in [-0.2, -0.15) is 0 Å². The molecule has 0 fully saturated rings. The average Bonchev–Trinajstić information content (AvgIpc) is 3.78. The largest absolute Gasteiger partial charge is 0.445 e. The smallest absolute Gasteiger partial charge is 0.408 e. The maximum atomic E-state index is 15.4. The molecule has 410 valence electrons. The van der Waals surface area contributed by atoms with E-state index in [2.05, 4.69) is 37.2 Å². The predicted molar refractivity (Wildman–Crippen MR) is 275 cm³/mol. The van der Waals surface area contributed by atoms with Crippen molar-refractivity contribution in [1.82, 2.24) is 46.7 Å². The third-order valence-corrected chi connectivity index (χ3v) is 11.8. The molecule has 0 radical (unpaired) electrons. The fourth-order valence-electron chi connectivity index (χ4n) is 7.91. The highest BCUT2D eigenvalue weighted by Crippen LogP contribution is 2.41. The molecule has 23 heteroatoms. The number of aliphatic hydroxyl groups is 1. The molecule has 9 amide bonds. The number of aromatic nitrogens is 1. The molecule has 0 saturated carbocycles. The number of halogens is 2. The van der Waals surface area contributed by atoms with E-state index in [1.54, 1.807) is 54.1 Å². The molecule has 0 spiro atoms. The summed E-state index contributed by atoms with van der Waals surface area (Å²) in [6.07, 6.45) is -0.305. The minimum Gasteiger partial charge on any atom is -0.445 e. The van der Waals surface area contributed by atoms with Gasteiger partial charge in [0.15, 0.2) is 0 Å². The SMILES string of the molecule is CCC(=O)NCC(=O)NCCNC(=O)[C@H](CCN(C(=O)CO)[C@@H](c1cc(-c2cc(F)ccc2F)cn1Cc1ccccc1)C(C)(C)C)NC(=O)[C@H](CC(N)=O)NC(=O)[C@H](C)NC(=O)[C@H](C)NC(=O)OCc1ccccc1. The number of primary amides is 1. The number of nitrogens with two attached hydrogens (primary N) is 1. The number of hydrogen-bond acceptors (Lipinski definition) is 11. The Hall–Kier alpha value is -8.21. The Kier molecular flexibility index (Phi) is 23.1. The number of nitrogens with one attached hydrogen (secondary N) is 7. The lowest BCUT2D eigenvalue weighted by Crippen LogP contribution is -2.58. The number of rotatable bonds is 27. The third kappa shape index (κ3) is 18.9. The lowest BCUT2D eigenvalue weighted by atomic mass is 9.82. The van der Waals surface area contributed by atoms with Gasteiger partial charge >= 0.3 is 6.09 Å². The fraction of sp³-hybridized carbons (Fsp3) is 0.415. The van der Waals surface area contributed by atoms with Crippen molar-refractivity contribution in [2.45, 2.75) is 104 Å². The summed E-state index contributed by atoms with van der Waals surface area (Å²) in [6, 6.07) is 15.8. The van der Waals surface area contributed by atoms with Gasteiger partial charge < -0.3 is 62.3 Å². The van der Waals surface area contributed by atoms with Crippen molar-refractivity contribution in [2.24, 2.45) is 11.1 Å². The van der Waals surface area contributed by atoms with Gasteiger partial charge in [0.2, 0.25) is 47.3 Å². The van der Waals surface area contributed by atoms with Crippen molar-refractivity contribution in [3.05, 3.63) is 120 Å². The molecule has 1 heterocycles. The molecule has 0 aliphatic heterocycles. The Bertz CT molecular complexity index is 2670. The van der Waals surface area contributed by atoms with Crippen LogP contribution in [0, 0.1) is 17.0 Å². The number of carbonyl (C=O) groups is 9. The average molecular weight is 1060 g/mol. The number of carbonyl (C=O) groups excluding carboxylic acids is 9. The fourth-order valence-corrected chi connectivity index (χ4v) is 7.91.